The summed E-state index contributed by atoms with van der Waals surface area (Å²) in [5.74, 6) is 0.515. The molecule has 0 aliphatic carbocycles. The largest absolute Gasteiger partial charge is 0.494 e. The molecule has 0 heterocycles. The first-order chi connectivity index (χ1) is 9.52. The van der Waals surface area contributed by atoms with E-state index in [9.17, 15) is 4.39 Å². The highest BCUT2D eigenvalue weighted by atomic mass is 79.9. The summed E-state index contributed by atoms with van der Waals surface area (Å²) in [6.07, 6.45) is 0. The fourth-order valence-electron chi connectivity index (χ4n) is 1.85. The molecule has 0 N–H and O–H groups in total. The lowest BCUT2D eigenvalue weighted by atomic mass is 10.0. The molecule has 20 heavy (non-hydrogen) atoms. The topological polar surface area (TPSA) is 9.23 Å². The average molecular weight is 467 g/mol. The molecule has 106 valence electrons. The summed E-state index contributed by atoms with van der Waals surface area (Å²) in [7, 11) is 0. The van der Waals surface area contributed by atoms with E-state index in [0.29, 0.717) is 11.1 Å². The van der Waals surface area contributed by atoms with Crippen molar-refractivity contribution in [3.05, 3.63) is 62.3 Å². The molecule has 0 spiro atoms. The summed E-state index contributed by atoms with van der Waals surface area (Å²) >= 11 is 10.2. The lowest BCUT2D eigenvalue weighted by molar-refractivity contribution is 0.337. The van der Waals surface area contributed by atoms with Crippen LogP contribution in [-0.4, -0.2) is 6.61 Å². The van der Waals surface area contributed by atoms with E-state index in [0.717, 1.165) is 21.3 Å². The summed E-state index contributed by atoms with van der Waals surface area (Å²) in [4.78, 5) is -0.135. The van der Waals surface area contributed by atoms with Gasteiger partial charge in [-0.1, -0.05) is 37.9 Å². The third kappa shape index (κ3) is 3.62. The van der Waals surface area contributed by atoms with Gasteiger partial charge in [0.05, 0.1) is 15.9 Å². The van der Waals surface area contributed by atoms with Gasteiger partial charge in [0.25, 0.3) is 0 Å². The second-order valence-corrected chi connectivity index (χ2v) is 6.84. The van der Waals surface area contributed by atoms with Crippen LogP contribution in [0.25, 0.3) is 0 Å². The Labute approximate surface area is 142 Å². The van der Waals surface area contributed by atoms with Gasteiger partial charge in [0, 0.05) is 10.0 Å². The Morgan fingerprint density at radius 1 is 1.15 bits per heavy atom. The molecular weight excluding hydrogens is 455 g/mol. The molecule has 2 rings (SSSR count). The van der Waals surface area contributed by atoms with Crippen LogP contribution in [0.5, 0.6) is 5.75 Å². The Balaban J connectivity index is 2.43. The second kappa shape index (κ2) is 7.05. The highest BCUT2D eigenvalue weighted by Crippen LogP contribution is 2.39. The number of alkyl halides is 1. The monoisotopic (exact) mass is 464 g/mol. The molecular formula is C15H12Br3FO. The van der Waals surface area contributed by atoms with E-state index < -0.39 is 0 Å². The van der Waals surface area contributed by atoms with Gasteiger partial charge in [-0.25, -0.2) is 4.39 Å². The van der Waals surface area contributed by atoms with Crippen LogP contribution >= 0.6 is 47.8 Å². The zero-order valence-electron chi connectivity index (χ0n) is 10.7. The summed E-state index contributed by atoms with van der Waals surface area (Å²) < 4.78 is 20.7. The maximum absolute atomic E-state index is 13.7. The van der Waals surface area contributed by atoms with Crippen LogP contribution in [0.15, 0.2) is 45.3 Å². The summed E-state index contributed by atoms with van der Waals surface area (Å²) in [5, 5.41) is 0. The van der Waals surface area contributed by atoms with Gasteiger partial charge in [-0.05, 0) is 58.7 Å². The van der Waals surface area contributed by atoms with E-state index in [1.165, 1.54) is 6.07 Å². The minimum absolute atomic E-state index is 0.135. The first kappa shape index (κ1) is 16.0. The van der Waals surface area contributed by atoms with Gasteiger partial charge in [0.1, 0.15) is 11.6 Å². The van der Waals surface area contributed by atoms with Crippen molar-refractivity contribution in [3.8, 4) is 5.75 Å². The van der Waals surface area contributed by atoms with Crippen molar-refractivity contribution in [2.75, 3.05) is 6.61 Å². The highest BCUT2D eigenvalue weighted by molar-refractivity contribution is 9.10. The first-order valence-electron chi connectivity index (χ1n) is 6.04. The molecule has 1 unspecified atom stereocenters. The standard InChI is InChI=1S/C15H12Br3FO/c1-2-20-14-6-4-10(16)8-11(14)15(18)9-3-5-12(17)13(19)7-9/h3-8,15H,2H2,1H3. The fourth-order valence-corrected chi connectivity index (χ4v) is 3.12. The van der Waals surface area contributed by atoms with Crippen molar-refractivity contribution in [2.24, 2.45) is 0 Å². The zero-order valence-corrected chi connectivity index (χ0v) is 15.4. The minimum Gasteiger partial charge on any atom is -0.494 e. The Bertz CT molecular complexity index is 616. The van der Waals surface area contributed by atoms with E-state index in [-0.39, 0.29) is 10.6 Å². The van der Waals surface area contributed by atoms with Crippen molar-refractivity contribution >= 4 is 47.8 Å². The van der Waals surface area contributed by atoms with Crippen molar-refractivity contribution in [1.82, 2.24) is 0 Å². The van der Waals surface area contributed by atoms with E-state index in [4.69, 9.17) is 4.74 Å². The van der Waals surface area contributed by atoms with E-state index in [1.54, 1.807) is 6.07 Å². The first-order valence-corrected chi connectivity index (χ1v) is 8.54. The molecule has 0 radical (unpaired) electrons. The van der Waals surface area contributed by atoms with Crippen LogP contribution in [-0.2, 0) is 0 Å². The normalized spacial score (nSPS) is 12.2. The van der Waals surface area contributed by atoms with Crippen LogP contribution in [0.4, 0.5) is 4.39 Å². The number of rotatable bonds is 4. The highest BCUT2D eigenvalue weighted by Gasteiger charge is 2.17. The van der Waals surface area contributed by atoms with E-state index in [1.807, 2.05) is 31.2 Å². The number of benzene rings is 2. The van der Waals surface area contributed by atoms with Crippen molar-refractivity contribution in [2.45, 2.75) is 11.8 Å². The van der Waals surface area contributed by atoms with Crippen molar-refractivity contribution in [1.29, 1.82) is 0 Å². The number of ether oxygens (including phenoxy) is 1. The summed E-state index contributed by atoms with van der Waals surface area (Å²) in [5.41, 5.74) is 1.80. The molecule has 0 saturated heterocycles. The minimum atomic E-state index is -0.278. The average Bonchev–Trinajstić information content (AvgIpc) is 2.43. The molecule has 2 aromatic rings. The Morgan fingerprint density at radius 2 is 1.90 bits per heavy atom. The summed E-state index contributed by atoms with van der Waals surface area (Å²) in [6.45, 7) is 2.53. The number of hydrogen-bond acceptors (Lipinski definition) is 1. The molecule has 1 atom stereocenters. The predicted octanol–water partition coefficient (Wildman–Crippen LogP) is 6.23. The quantitative estimate of drug-likeness (QED) is 0.485. The molecule has 0 aliphatic heterocycles. The van der Waals surface area contributed by atoms with Gasteiger partial charge in [-0.15, -0.1) is 0 Å². The molecule has 5 heteroatoms. The zero-order chi connectivity index (χ0) is 14.7. The number of halogens is 4. The molecule has 0 bridgehead atoms. The van der Waals surface area contributed by atoms with Gasteiger partial charge in [-0.3, -0.25) is 0 Å². The molecule has 2 aromatic carbocycles. The molecule has 0 aliphatic rings. The Morgan fingerprint density at radius 3 is 2.55 bits per heavy atom. The van der Waals surface area contributed by atoms with E-state index >= 15 is 0 Å². The Hall–Kier alpha value is -0.390. The molecule has 0 amide bonds. The van der Waals surface area contributed by atoms with Gasteiger partial charge < -0.3 is 4.74 Å². The lowest BCUT2D eigenvalue weighted by Crippen LogP contribution is -2.00. The smallest absolute Gasteiger partial charge is 0.137 e. The van der Waals surface area contributed by atoms with Gasteiger partial charge in [0.2, 0.25) is 0 Å². The van der Waals surface area contributed by atoms with Gasteiger partial charge in [-0.2, -0.15) is 0 Å². The fraction of sp³-hybridized carbons (Fsp3) is 0.200. The SMILES string of the molecule is CCOc1ccc(Br)cc1C(Br)c1ccc(Br)c(F)c1. The van der Waals surface area contributed by atoms with Crippen LogP contribution in [0.1, 0.15) is 22.9 Å². The van der Waals surface area contributed by atoms with Gasteiger partial charge in [0.15, 0.2) is 0 Å². The maximum atomic E-state index is 13.7. The van der Waals surface area contributed by atoms with Crippen LogP contribution in [0, 0.1) is 5.82 Å². The third-order valence-electron chi connectivity index (χ3n) is 2.78. The molecule has 0 fully saturated rings. The van der Waals surface area contributed by atoms with Crippen LogP contribution in [0.3, 0.4) is 0 Å². The van der Waals surface area contributed by atoms with Crippen LogP contribution < -0.4 is 4.74 Å². The Kier molecular flexibility index (Phi) is 5.64. The maximum Gasteiger partial charge on any atom is 0.137 e. The van der Waals surface area contributed by atoms with Gasteiger partial charge >= 0.3 is 0 Å². The second-order valence-electron chi connectivity index (χ2n) is 4.15. The van der Waals surface area contributed by atoms with Crippen LogP contribution in [0.2, 0.25) is 0 Å². The third-order valence-corrected chi connectivity index (χ3v) is 4.94. The van der Waals surface area contributed by atoms with Crippen molar-refractivity contribution < 1.29 is 9.13 Å². The molecule has 0 aromatic heterocycles. The summed E-state index contributed by atoms with van der Waals surface area (Å²) in [6, 6.07) is 10.9. The van der Waals surface area contributed by atoms with E-state index in [2.05, 4.69) is 47.8 Å². The lowest BCUT2D eigenvalue weighted by Gasteiger charge is -2.16. The predicted molar refractivity (Wildman–Crippen MR) is 90.2 cm³/mol. The number of hydrogen-bond donors (Lipinski definition) is 0. The molecule has 0 saturated carbocycles. The molecule has 1 nitrogen and oxygen atoms in total. The van der Waals surface area contributed by atoms with Crippen molar-refractivity contribution in [3.63, 3.8) is 0 Å².